The molecule has 4 rings (SSSR count). The summed E-state index contributed by atoms with van der Waals surface area (Å²) in [6.45, 7) is 9.46. The highest BCUT2D eigenvalue weighted by Crippen LogP contribution is 2.25. The lowest BCUT2D eigenvalue weighted by atomic mass is 10.1. The van der Waals surface area contributed by atoms with Gasteiger partial charge in [0.1, 0.15) is 17.1 Å². The van der Waals surface area contributed by atoms with Crippen LogP contribution in [0.1, 0.15) is 39.5 Å². The Morgan fingerprint density at radius 3 is 2.69 bits per heavy atom. The third kappa shape index (κ3) is 5.98. The van der Waals surface area contributed by atoms with E-state index in [4.69, 9.17) is 4.74 Å². The van der Waals surface area contributed by atoms with Crippen LogP contribution >= 0.6 is 0 Å². The number of nitriles is 1. The van der Waals surface area contributed by atoms with Gasteiger partial charge >= 0.3 is 0 Å². The molecular formula is C25H33N5O2. The van der Waals surface area contributed by atoms with Gasteiger partial charge in [-0.15, -0.1) is 0 Å². The van der Waals surface area contributed by atoms with Crippen molar-refractivity contribution in [1.82, 2.24) is 14.8 Å². The van der Waals surface area contributed by atoms with Crippen molar-refractivity contribution >= 4 is 17.1 Å². The predicted molar refractivity (Wildman–Crippen MR) is 128 cm³/mol. The Kier molecular flexibility index (Phi) is 8.88. The Balaban J connectivity index is 0.00000141. The average Bonchev–Trinajstić information content (AvgIpc) is 2.86. The maximum absolute atomic E-state index is 9.93. The molecule has 0 amide bonds. The van der Waals surface area contributed by atoms with Gasteiger partial charge in [0, 0.05) is 43.8 Å². The normalized spacial score (nSPS) is 16.5. The molecule has 0 bridgehead atoms. The number of aromatic hydroxyl groups is 1. The summed E-state index contributed by atoms with van der Waals surface area (Å²) in [4.78, 5) is 13.6. The number of hydrogen-bond donors (Lipinski definition) is 1. The molecule has 1 N–H and O–H groups in total. The average molecular weight is 436 g/mol. The summed E-state index contributed by atoms with van der Waals surface area (Å²) in [5.41, 5.74) is 1.39. The van der Waals surface area contributed by atoms with Crippen molar-refractivity contribution in [2.75, 3.05) is 39.3 Å². The lowest BCUT2D eigenvalue weighted by molar-refractivity contribution is 0.152. The molecule has 2 aromatic rings. The molecule has 2 aliphatic heterocycles. The van der Waals surface area contributed by atoms with E-state index in [2.05, 4.69) is 25.8 Å². The molecule has 2 aliphatic rings. The number of phenolic OH excluding ortho intramolecular Hbond substituents is 1. The van der Waals surface area contributed by atoms with Crippen molar-refractivity contribution in [3.8, 4) is 17.7 Å². The zero-order chi connectivity index (χ0) is 22.8. The number of phenols is 1. The van der Waals surface area contributed by atoms with Crippen LogP contribution in [0.15, 0.2) is 46.7 Å². The molecule has 0 spiro atoms. The Bertz CT molecular complexity index is 987. The van der Waals surface area contributed by atoms with Crippen molar-refractivity contribution < 1.29 is 9.84 Å². The maximum Gasteiger partial charge on any atom is 0.213 e. The number of nitrogens with zero attached hydrogens (tertiary/aromatic N) is 5. The molecule has 170 valence electrons. The summed E-state index contributed by atoms with van der Waals surface area (Å²) >= 11 is 0. The summed E-state index contributed by atoms with van der Waals surface area (Å²) in [7, 11) is 0. The fourth-order valence-corrected chi connectivity index (χ4v) is 3.92. The van der Waals surface area contributed by atoms with E-state index in [0.717, 1.165) is 75.2 Å². The van der Waals surface area contributed by atoms with E-state index in [9.17, 15) is 10.4 Å². The third-order valence-corrected chi connectivity index (χ3v) is 5.61. The molecule has 1 saturated heterocycles. The maximum atomic E-state index is 9.93. The predicted octanol–water partition coefficient (Wildman–Crippen LogP) is 4.34. The monoisotopic (exact) mass is 435 g/mol. The van der Waals surface area contributed by atoms with Crippen LogP contribution in [0.2, 0.25) is 0 Å². The summed E-state index contributed by atoms with van der Waals surface area (Å²) in [5, 5.41) is 20.1. The second-order valence-electron chi connectivity index (χ2n) is 7.65. The zero-order valence-corrected chi connectivity index (χ0v) is 19.1. The van der Waals surface area contributed by atoms with E-state index < -0.39 is 0 Å². The van der Waals surface area contributed by atoms with Gasteiger partial charge in [-0.3, -0.25) is 4.90 Å². The van der Waals surface area contributed by atoms with Gasteiger partial charge in [-0.05, 0) is 44.4 Å². The number of benzene rings is 1. The topological polar surface area (TPSA) is 85.0 Å². The summed E-state index contributed by atoms with van der Waals surface area (Å²) in [6.07, 6.45) is 5.61. The number of fused-ring (bicyclic) bond motifs is 1. The van der Waals surface area contributed by atoms with Crippen LogP contribution in [0.5, 0.6) is 11.6 Å². The zero-order valence-electron chi connectivity index (χ0n) is 19.1. The van der Waals surface area contributed by atoms with E-state index in [-0.39, 0.29) is 5.75 Å². The van der Waals surface area contributed by atoms with Gasteiger partial charge in [-0.2, -0.15) is 5.26 Å². The summed E-state index contributed by atoms with van der Waals surface area (Å²) in [5.74, 6) is 1.60. The smallest absolute Gasteiger partial charge is 0.213 e. The van der Waals surface area contributed by atoms with Gasteiger partial charge in [-0.1, -0.05) is 26.0 Å². The first-order valence-electron chi connectivity index (χ1n) is 11.6. The third-order valence-electron chi connectivity index (χ3n) is 5.61. The highest BCUT2D eigenvalue weighted by Gasteiger charge is 2.21. The molecule has 0 radical (unpaired) electrons. The SMILES string of the molecule is CC.N#CC1=C(N2CCN(CCCCOc3ccc4cccc(O)c4n3)CC2)N=CCC1. The lowest BCUT2D eigenvalue weighted by Gasteiger charge is -2.36. The van der Waals surface area contributed by atoms with Gasteiger partial charge in [0.15, 0.2) is 0 Å². The van der Waals surface area contributed by atoms with Crippen molar-refractivity contribution in [3.63, 3.8) is 0 Å². The van der Waals surface area contributed by atoms with Crippen LogP contribution < -0.4 is 4.74 Å². The van der Waals surface area contributed by atoms with Crippen molar-refractivity contribution in [2.24, 2.45) is 4.99 Å². The highest BCUT2D eigenvalue weighted by atomic mass is 16.5. The van der Waals surface area contributed by atoms with Crippen molar-refractivity contribution in [2.45, 2.75) is 39.5 Å². The summed E-state index contributed by atoms with van der Waals surface area (Å²) < 4.78 is 5.78. The Labute approximate surface area is 190 Å². The van der Waals surface area contributed by atoms with E-state index in [0.29, 0.717) is 18.0 Å². The van der Waals surface area contributed by atoms with Gasteiger partial charge < -0.3 is 14.7 Å². The van der Waals surface area contributed by atoms with Crippen LogP contribution in [0.4, 0.5) is 0 Å². The number of pyridine rings is 1. The van der Waals surface area contributed by atoms with Crippen LogP contribution in [0.3, 0.4) is 0 Å². The van der Waals surface area contributed by atoms with Gasteiger partial charge in [0.25, 0.3) is 0 Å². The Morgan fingerprint density at radius 1 is 1.09 bits per heavy atom. The van der Waals surface area contributed by atoms with Crippen LogP contribution in [-0.2, 0) is 0 Å². The first kappa shape index (κ1) is 23.6. The fraction of sp³-hybridized carbons (Fsp3) is 0.480. The molecule has 1 aromatic heterocycles. The number of aromatic nitrogens is 1. The number of para-hydroxylation sites is 1. The molecule has 32 heavy (non-hydrogen) atoms. The first-order valence-corrected chi connectivity index (χ1v) is 11.6. The standard InChI is InChI=1S/C23H27N5O2.C2H6/c24-17-19-6-4-10-25-23(19)28-14-12-27(13-15-28)11-1-2-16-30-21-9-8-18-5-3-7-20(29)22(18)26-21;1-2/h3,5,7-10,29H,1-2,4,6,11-16H2;1-2H3. The Hall–Kier alpha value is -3.11. The molecule has 3 heterocycles. The minimum absolute atomic E-state index is 0.175. The summed E-state index contributed by atoms with van der Waals surface area (Å²) in [6, 6.07) is 11.4. The molecule has 0 unspecified atom stereocenters. The number of unbranched alkanes of at least 4 members (excludes halogenated alkanes) is 1. The van der Waals surface area contributed by atoms with Crippen LogP contribution in [0, 0.1) is 11.3 Å². The fourth-order valence-electron chi connectivity index (χ4n) is 3.92. The second-order valence-corrected chi connectivity index (χ2v) is 7.65. The number of allylic oxidation sites excluding steroid dienone is 1. The largest absolute Gasteiger partial charge is 0.506 e. The van der Waals surface area contributed by atoms with E-state index in [1.54, 1.807) is 12.1 Å². The number of rotatable bonds is 7. The van der Waals surface area contributed by atoms with E-state index >= 15 is 0 Å². The first-order chi connectivity index (χ1) is 15.7. The number of piperazine rings is 1. The molecule has 1 fully saturated rings. The van der Waals surface area contributed by atoms with Crippen molar-refractivity contribution in [1.29, 1.82) is 5.26 Å². The second kappa shape index (κ2) is 12.1. The van der Waals surface area contributed by atoms with Gasteiger partial charge in [0.05, 0.1) is 18.2 Å². The molecule has 7 nitrogen and oxygen atoms in total. The quantitative estimate of drug-likeness (QED) is 0.651. The molecule has 0 saturated carbocycles. The Morgan fingerprint density at radius 2 is 1.91 bits per heavy atom. The lowest BCUT2D eigenvalue weighted by Crippen LogP contribution is -2.46. The molecular weight excluding hydrogens is 402 g/mol. The van der Waals surface area contributed by atoms with Crippen LogP contribution in [0.25, 0.3) is 10.9 Å². The minimum Gasteiger partial charge on any atom is -0.506 e. The molecule has 0 atom stereocenters. The van der Waals surface area contributed by atoms with Crippen LogP contribution in [-0.4, -0.2) is 65.4 Å². The highest BCUT2D eigenvalue weighted by molar-refractivity contribution is 5.84. The number of ether oxygens (including phenoxy) is 1. The van der Waals surface area contributed by atoms with Crippen molar-refractivity contribution in [3.05, 3.63) is 41.7 Å². The minimum atomic E-state index is 0.175. The molecule has 0 aliphatic carbocycles. The number of hydrogen-bond acceptors (Lipinski definition) is 7. The van der Waals surface area contributed by atoms with E-state index in [1.165, 1.54) is 0 Å². The van der Waals surface area contributed by atoms with E-state index in [1.807, 2.05) is 38.3 Å². The molecule has 7 heteroatoms. The van der Waals surface area contributed by atoms with Gasteiger partial charge in [0.2, 0.25) is 5.88 Å². The van der Waals surface area contributed by atoms with Gasteiger partial charge in [-0.25, -0.2) is 9.98 Å². The number of aliphatic imine (C=N–C) groups is 1. The molecule has 1 aromatic carbocycles.